The first kappa shape index (κ1) is 25.2. The van der Waals surface area contributed by atoms with Gasteiger partial charge < -0.3 is 10.4 Å². The smallest absolute Gasteiger partial charge is 0.318 e. The van der Waals surface area contributed by atoms with E-state index in [1.54, 1.807) is 30.3 Å². The molecule has 0 saturated heterocycles. The van der Waals surface area contributed by atoms with Gasteiger partial charge in [0.05, 0.1) is 21.3 Å². The fourth-order valence-electron chi connectivity index (χ4n) is 2.52. The average Bonchev–Trinajstić information content (AvgIpc) is 3.21. The fourth-order valence-corrected chi connectivity index (χ4v) is 4.18. The minimum atomic E-state index is -4.12. The van der Waals surface area contributed by atoms with Crippen LogP contribution in [0.2, 0.25) is 5.02 Å². The van der Waals surface area contributed by atoms with Crippen molar-refractivity contribution >= 4 is 74.0 Å². The molecule has 0 spiro atoms. The number of benzene rings is 2. The molecular formula is C18H13Cl4N5O5S. The van der Waals surface area contributed by atoms with Gasteiger partial charge in [-0.05, 0) is 30.3 Å². The first-order valence-corrected chi connectivity index (χ1v) is 11.8. The van der Waals surface area contributed by atoms with Crippen molar-refractivity contribution in [2.45, 2.75) is 8.69 Å². The van der Waals surface area contributed by atoms with E-state index in [2.05, 4.69) is 15.4 Å². The zero-order valence-electron chi connectivity index (χ0n) is 16.2. The number of sulfonamides is 1. The molecule has 15 heteroatoms. The van der Waals surface area contributed by atoms with Gasteiger partial charge in [0.15, 0.2) is 5.82 Å². The van der Waals surface area contributed by atoms with Crippen molar-refractivity contribution in [1.82, 2.24) is 19.5 Å². The van der Waals surface area contributed by atoms with Gasteiger partial charge >= 0.3 is 5.97 Å². The SMILES string of the molecule is O=C(O)CNS(=O)(=O)c1ccc(NC(=O)c2nc(C(Cl)(Cl)Cl)n(-c3ccccc3)n2)c(Cl)c1. The van der Waals surface area contributed by atoms with Gasteiger partial charge in [0.2, 0.25) is 19.6 Å². The summed E-state index contributed by atoms with van der Waals surface area (Å²) in [6.07, 6.45) is 0. The van der Waals surface area contributed by atoms with Gasteiger partial charge in [-0.2, -0.15) is 4.72 Å². The number of alkyl halides is 3. The van der Waals surface area contributed by atoms with Gasteiger partial charge in [-0.1, -0.05) is 64.6 Å². The molecule has 0 radical (unpaired) electrons. The van der Waals surface area contributed by atoms with Crippen molar-refractivity contribution in [3.8, 4) is 5.69 Å². The molecule has 3 aromatic rings. The Labute approximate surface area is 207 Å². The third-order valence-electron chi connectivity index (χ3n) is 3.98. The number of hydrogen-bond donors (Lipinski definition) is 3. The van der Waals surface area contributed by atoms with Crippen LogP contribution in [-0.2, 0) is 18.6 Å². The molecule has 0 bridgehead atoms. The van der Waals surface area contributed by atoms with Crippen molar-refractivity contribution < 1.29 is 23.1 Å². The number of hydrogen-bond acceptors (Lipinski definition) is 6. The molecule has 3 rings (SSSR count). The zero-order valence-corrected chi connectivity index (χ0v) is 20.0. The molecule has 33 heavy (non-hydrogen) atoms. The van der Waals surface area contributed by atoms with E-state index in [9.17, 15) is 18.0 Å². The third-order valence-corrected chi connectivity index (χ3v) is 6.20. The molecule has 0 saturated carbocycles. The second kappa shape index (κ2) is 9.84. The number of nitrogens with zero attached hydrogens (tertiary/aromatic N) is 3. The number of carbonyl (C=O) groups is 2. The van der Waals surface area contributed by atoms with Crippen molar-refractivity contribution in [3.63, 3.8) is 0 Å². The number of rotatable bonds is 7. The van der Waals surface area contributed by atoms with Crippen molar-refractivity contribution in [2.75, 3.05) is 11.9 Å². The lowest BCUT2D eigenvalue weighted by Gasteiger charge is -2.11. The first-order valence-electron chi connectivity index (χ1n) is 8.80. The van der Waals surface area contributed by atoms with Crippen LogP contribution in [0.25, 0.3) is 5.69 Å². The Morgan fingerprint density at radius 3 is 2.33 bits per heavy atom. The van der Waals surface area contributed by atoms with Gasteiger partial charge in [-0.25, -0.2) is 18.1 Å². The predicted octanol–water partition coefficient (Wildman–Crippen LogP) is 3.36. The van der Waals surface area contributed by atoms with Crippen LogP contribution >= 0.6 is 46.4 Å². The lowest BCUT2D eigenvalue weighted by Crippen LogP contribution is -2.29. The molecule has 0 aliphatic rings. The van der Waals surface area contributed by atoms with Gasteiger partial charge in [0, 0.05) is 0 Å². The summed E-state index contributed by atoms with van der Waals surface area (Å²) in [6.45, 7) is -0.806. The van der Waals surface area contributed by atoms with Crippen LogP contribution in [0.3, 0.4) is 0 Å². The highest BCUT2D eigenvalue weighted by Crippen LogP contribution is 2.38. The average molecular weight is 553 g/mol. The Morgan fingerprint density at radius 1 is 1.09 bits per heavy atom. The summed E-state index contributed by atoms with van der Waals surface area (Å²) in [6, 6.07) is 12.0. The number of aliphatic carboxylic acids is 1. The highest BCUT2D eigenvalue weighted by molar-refractivity contribution is 7.89. The summed E-state index contributed by atoms with van der Waals surface area (Å²) in [7, 11) is -4.12. The maximum absolute atomic E-state index is 12.7. The lowest BCUT2D eigenvalue weighted by atomic mass is 10.3. The number of amides is 1. The van der Waals surface area contributed by atoms with Crippen LogP contribution in [0, 0.1) is 0 Å². The number of anilines is 1. The monoisotopic (exact) mass is 551 g/mol. The Morgan fingerprint density at radius 2 is 1.76 bits per heavy atom. The summed E-state index contributed by atoms with van der Waals surface area (Å²) in [5.41, 5.74) is 0.539. The van der Waals surface area contributed by atoms with Crippen LogP contribution in [0.5, 0.6) is 0 Å². The van der Waals surface area contributed by atoms with E-state index in [1.807, 2.05) is 4.72 Å². The molecule has 0 aliphatic carbocycles. The Kier molecular flexibility index (Phi) is 7.52. The first-order chi connectivity index (χ1) is 15.4. The molecule has 10 nitrogen and oxygen atoms in total. The Bertz CT molecular complexity index is 1310. The molecule has 0 fully saturated rings. The van der Waals surface area contributed by atoms with E-state index in [1.165, 1.54) is 10.7 Å². The number of halogens is 4. The molecule has 1 heterocycles. The minimum absolute atomic E-state index is 0.0466. The van der Waals surface area contributed by atoms with Gasteiger partial charge in [0.25, 0.3) is 5.91 Å². The van der Waals surface area contributed by atoms with E-state index in [4.69, 9.17) is 51.5 Å². The maximum atomic E-state index is 12.7. The van der Waals surface area contributed by atoms with Crippen molar-refractivity contribution in [1.29, 1.82) is 0 Å². The predicted molar refractivity (Wildman–Crippen MR) is 123 cm³/mol. The standard InChI is InChI=1S/C18H13Cl4N5O5S/c19-12-8-11(33(31,32)23-9-14(28)29)6-7-13(12)24-16(30)15-25-17(18(20,21)22)27(26-15)10-4-2-1-3-5-10/h1-8,23H,9H2,(H,24,30)(H,28,29). The van der Waals surface area contributed by atoms with E-state index in [0.717, 1.165) is 12.1 Å². The molecule has 1 amide bonds. The zero-order chi connectivity index (χ0) is 24.4. The van der Waals surface area contributed by atoms with Crippen molar-refractivity contribution in [3.05, 3.63) is 65.2 Å². The Hall–Kier alpha value is -2.41. The van der Waals surface area contributed by atoms with Crippen LogP contribution in [0.15, 0.2) is 53.4 Å². The largest absolute Gasteiger partial charge is 0.480 e. The molecular weight excluding hydrogens is 540 g/mol. The van der Waals surface area contributed by atoms with Gasteiger partial charge in [-0.15, -0.1) is 5.10 Å². The summed E-state index contributed by atoms with van der Waals surface area (Å²) < 4.78 is 25.4. The maximum Gasteiger partial charge on any atom is 0.318 e. The number of nitrogens with one attached hydrogen (secondary N) is 2. The molecule has 2 aromatic carbocycles. The lowest BCUT2D eigenvalue weighted by molar-refractivity contribution is -0.135. The van der Waals surface area contributed by atoms with E-state index >= 15 is 0 Å². The van der Waals surface area contributed by atoms with E-state index in [0.29, 0.717) is 5.69 Å². The number of carboxylic acid groups (broad SMARTS) is 1. The summed E-state index contributed by atoms with van der Waals surface area (Å²) in [4.78, 5) is 27.0. The van der Waals surface area contributed by atoms with Crippen LogP contribution < -0.4 is 10.0 Å². The molecule has 0 unspecified atom stereocenters. The Balaban J connectivity index is 1.87. The highest BCUT2D eigenvalue weighted by atomic mass is 35.6. The molecule has 0 aliphatic heterocycles. The molecule has 0 atom stereocenters. The van der Waals surface area contributed by atoms with Crippen LogP contribution in [-0.4, -0.2) is 46.7 Å². The van der Waals surface area contributed by atoms with Crippen LogP contribution in [0.1, 0.15) is 16.4 Å². The number of aromatic nitrogens is 3. The van der Waals surface area contributed by atoms with E-state index in [-0.39, 0.29) is 27.3 Å². The third kappa shape index (κ3) is 6.14. The van der Waals surface area contributed by atoms with Crippen LogP contribution in [0.4, 0.5) is 5.69 Å². The summed E-state index contributed by atoms with van der Waals surface area (Å²) in [5, 5.41) is 15.1. The van der Waals surface area contributed by atoms with Gasteiger partial charge in [0.1, 0.15) is 6.54 Å². The fraction of sp³-hybridized carbons (Fsp3) is 0.111. The molecule has 3 N–H and O–H groups in total. The number of para-hydroxylation sites is 1. The summed E-state index contributed by atoms with van der Waals surface area (Å²) >= 11 is 24.0. The minimum Gasteiger partial charge on any atom is -0.480 e. The second-order valence-electron chi connectivity index (χ2n) is 6.32. The van der Waals surface area contributed by atoms with Gasteiger partial charge in [-0.3, -0.25) is 9.59 Å². The molecule has 174 valence electrons. The van der Waals surface area contributed by atoms with Crippen molar-refractivity contribution in [2.24, 2.45) is 0 Å². The molecule has 1 aromatic heterocycles. The quantitative estimate of drug-likeness (QED) is 0.381. The number of carbonyl (C=O) groups excluding carboxylic acids is 1. The summed E-state index contributed by atoms with van der Waals surface area (Å²) in [5.74, 6) is -2.62. The topological polar surface area (TPSA) is 143 Å². The normalized spacial score (nSPS) is 11.9. The second-order valence-corrected chi connectivity index (χ2v) is 10.8. The highest BCUT2D eigenvalue weighted by Gasteiger charge is 2.33. The number of carboxylic acids is 1. The van der Waals surface area contributed by atoms with E-state index < -0.39 is 32.2 Å².